The molecule has 0 saturated carbocycles. The van der Waals surface area contributed by atoms with Crippen LogP contribution in [-0.4, -0.2) is 0 Å². The van der Waals surface area contributed by atoms with Gasteiger partial charge in [-0.05, 0) is 59.7 Å². The maximum atomic E-state index is 2.39. The molecule has 2 aromatic rings. The molecule has 18 heavy (non-hydrogen) atoms. The molecule has 0 unspecified atom stereocenters. The van der Waals surface area contributed by atoms with Gasteiger partial charge in [0.05, 0.1) is 0 Å². The summed E-state index contributed by atoms with van der Waals surface area (Å²) < 4.78 is 0. The van der Waals surface area contributed by atoms with Crippen molar-refractivity contribution in [3.63, 3.8) is 0 Å². The molecule has 0 heterocycles. The van der Waals surface area contributed by atoms with Gasteiger partial charge >= 0.3 is 0 Å². The van der Waals surface area contributed by atoms with Crippen molar-refractivity contribution in [3.8, 4) is 0 Å². The summed E-state index contributed by atoms with van der Waals surface area (Å²) in [7, 11) is 0. The van der Waals surface area contributed by atoms with Crippen molar-refractivity contribution in [2.45, 2.75) is 53.4 Å². The largest absolute Gasteiger partial charge is 0.0651 e. The second-order valence-electron chi connectivity index (χ2n) is 5.40. The Balaban J connectivity index is 2.55. The standard InChI is InChI=1S/C18H24/c1-5-7-15-11-17-10-14(4)16(8-6-2)12-18(17)9-13(15)3/h9-12H,5-8H2,1-4H3. The van der Waals surface area contributed by atoms with Crippen molar-refractivity contribution in [3.05, 3.63) is 46.5 Å². The van der Waals surface area contributed by atoms with Crippen molar-refractivity contribution in [1.29, 1.82) is 0 Å². The molecule has 0 bridgehead atoms. The van der Waals surface area contributed by atoms with Gasteiger partial charge in [0.1, 0.15) is 0 Å². The summed E-state index contributed by atoms with van der Waals surface area (Å²) in [6.07, 6.45) is 4.83. The van der Waals surface area contributed by atoms with Crippen molar-refractivity contribution >= 4 is 10.8 Å². The third-order valence-electron chi connectivity index (χ3n) is 3.79. The zero-order valence-corrected chi connectivity index (χ0v) is 12.1. The topological polar surface area (TPSA) is 0 Å². The summed E-state index contributed by atoms with van der Waals surface area (Å²) in [5.41, 5.74) is 5.89. The number of rotatable bonds is 4. The van der Waals surface area contributed by atoms with E-state index >= 15 is 0 Å². The molecule has 0 fully saturated rings. The fraction of sp³-hybridized carbons (Fsp3) is 0.444. The van der Waals surface area contributed by atoms with Gasteiger partial charge in [-0.25, -0.2) is 0 Å². The van der Waals surface area contributed by atoms with Crippen LogP contribution in [0.4, 0.5) is 0 Å². The van der Waals surface area contributed by atoms with Gasteiger partial charge in [-0.1, -0.05) is 51.0 Å². The lowest BCUT2D eigenvalue weighted by molar-refractivity contribution is 0.911. The molecule has 96 valence electrons. The highest BCUT2D eigenvalue weighted by atomic mass is 14.1. The molecule has 0 aliphatic rings. The predicted molar refractivity (Wildman–Crippen MR) is 81.4 cm³/mol. The molecule has 0 amide bonds. The van der Waals surface area contributed by atoms with E-state index in [1.54, 1.807) is 0 Å². The zero-order chi connectivity index (χ0) is 13.1. The molecular formula is C18H24. The lowest BCUT2D eigenvalue weighted by atomic mass is 9.94. The van der Waals surface area contributed by atoms with E-state index < -0.39 is 0 Å². The van der Waals surface area contributed by atoms with Gasteiger partial charge in [-0.3, -0.25) is 0 Å². The monoisotopic (exact) mass is 240 g/mol. The Bertz CT molecular complexity index is 498. The van der Waals surface area contributed by atoms with Crippen LogP contribution in [0.2, 0.25) is 0 Å². The highest BCUT2D eigenvalue weighted by Crippen LogP contribution is 2.25. The van der Waals surface area contributed by atoms with Crippen molar-refractivity contribution in [2.24, 2.45) is 0 Å². The first-order valence-electron chi connectivity index (χ1n) is 7.18. The average molecular weight is 240 g/mol. The van der Waals surface area contributed by atoms with Gasteiger partial charge in [0.15, 0.2) is 0 Å². The minimum Gasteiger partial charge on any atom is -0.0651 e. The second-order valence-corrected chi connectivity index (χ2v) is 5.40. The molecule has 0 aliphatic carbocycles. The second kappa shape index (κ2) is 5.56. The first-order chi connectivity index (χ1) is 8.65. The molecular weight excluding hydrogens is 216 g/mol. The van der Waals surface area contributed by atoms with E-state index in [1.165, 1.54) is 58.7 Å². The molecule has 0 N–H and O–H groups in total. The van der Waals surface area contributed by atoms with E-state index in [0.29, 0.717) is 0 Å². The average Bonchev–Trinajstić information content (AvgIpc) is 2.33. The van der Waals surface area contributed by atoms with Crippen molar-refractivity contribution in [2.75, 3.05) is 0 Å². The summed E-state index contributed by atoms with van der Waals surface area (Å²) in [4.78, 5) is 0. The van der Waals surface area contributed by atoms with Crippen LogP contribution < -0.4 is 0 Å². The van der Waals surface area contributed by atoms with Gasteiger partial charge in [0.25, 0.3) is 0 Å². The van der Waals surface area contributed by atoms with Crippen LogP contribution in [0.25, 0.3) is 10.8 Å². The molecule has 0 radical (unpaired) electrons. The molecule has 0 atom stereocenters. The van der Waals surface area contributed by atoms with Gasteiger partial charge in [0.2, 0.25) is 0 Å². The smallest absolute Gasteiger partial charge is 0.0178 e. The molecule has 2 aromatic carbocycles. The minimum absolute atomic E-state index is 1.19. The SMILES string of the molecule is CCCc1cc2cc(C)c(CCC)cc2cc1C. The Morgan fingerprint density at radius 3 is 1.39 bits per heavy atom. The number of hydrogen-bond acceptors (Lipinski definition) is 0. The van der Waals surface area contributed by atoms with Gasteiger partial charge in [-0.15, -0.1) is 0 Å². The van der Waals surface area contributed by atoms with Crippen molar-refractivity contribution < 1.29 is 0 Å². The highest BCUT2D eigenvalue weighted by Gasteiger charge is 2.04. The summed E-state index contributed by atoms with van der Waals surface area (Å²) in [6, 6.07) is 9.49. The Labute approximate surface area is 111 Å². The molecule has 0 aromatic heterocycles. The Morgan fingerprint density at radius 1 is 0.667 bits per heavy atom. The van der Waals surface area contributed by atoms with E-state index in [4.69, 9.17) is 0 Å². The van der Waals surface area contributed by atoms with E-state index in [9.17, 15) is 0 Å². The van der Waals surface area contributed by atoms with Crippen LogP contribution >= 0.6 is 0 Å². The normalized spacial score (nSPS) is 11.1. The van der Waals surface area contributed by atoms with Crippen molar-refractivity contribution in [1.82, 2.24) is 0 Å². The lowest BCUT2D eigenvalue weighted by Gasteiger charge is -2.11. The number of aryl methyl sites for hydroxylation is 4. The summed E-state index contributed by atoms with van der Waals surface area (Å²) >= 11 is 0. The Kier molecular flexibility index (Phi) is 4.06. The number of fused-ring (bicyclic) bond motifs is 1. The summed E-state index contributed by atoms with van der Waals surface area (Å²) in [5, 5.41) is 2.81. The van der Waals surface area contributed by atoms with Crippen LogP contribution in [0.15, 0.2) is 24.3 Å². The first-order valence-corrected chi connectivity index (χ1v) is 7.18. The summed E-state index contributed by atoms with van der Waals surface area (Å²) in [5.74, 6) is 0. The van der Waals surface area contributed by atoms with Gasteiger partial charge in [-0.2, -0.15) is 0 Å². The lowest BCUT2D eigenvalue weighted by Crippen LogP contribution is -1.93. The quantitative estimate of drug-likeness (QED) is 0.674. The highest BCUT2D eigenvalue weighted by molar-refractivity contribution is 5.85. The Hall–Kier alpha value is -1.30. The third-order valence-corrected chi connectivity index (χ3v) is 3.79. The van der Waals surface area contributed by atoms with Crippen LogP contribution in [0.1, 0.15) is 48.9 Å². The first kappa shape index (κ1) is 13.1. The summed E-state index contributed by atoms with van der Waals surface area (Å²) in [6.45, 7) is 8.98. The third kappa shape index (κ3) is 2.58. The van der Waals surface area contributed by atoms with Crippen LogP contribution in [0, 0.1) is 13.8 Å². The molecule has 0 nitrogen and oxygen atoms in total. The number of benzene rings is 2. The molecule has 2 rings (SSSR count). The molecule has 0 spiro atoms. The fourth-order valence-corrected chi connectivity index (χ4v) is 2.75. The molecule has 0 saturated heterocycles. The number of hydrogen-bond donors (Lipinski definition) is 0. The predicted octanol–water partition coefficient (Wildman–Crippen LogP) is 5.36. The van der Waals surface area contributed by atoms with E-state index in [2.05, 4.69) is 52.0 Å². The maximum absolute atomic E-state index is 2.39. The van der Waals surface area contributed by atoms with Crippen LogP contribution in [0.5, 0.6) is 0 Å². The van der Waals surface area contributed by atoms with Crippen LogP contribution in [-0.2, 0) is 12.8 Å². The Morgan fingerprint density at radius 2 is 1.06 bits per heavy atom. The van der Waals surface area contributed by atoms with E-state index in [1.807, 2.05) is 0 Å². The zero-order valence-electron chi connectivity index (χ0n) is 12.1. The van der Waals surface area contributed by atoms with Crippen LogP contribution in [0.3, 0.4) is 0 Å². The fourth-order valence-electron chi connectivity index (χ4n) is 2.75. The van der Waals surface area contributed by atoms with Gasteiger partial charge < -0.3 is 0 Å². The molecule has 0 aliphatic heterocycles. The molecule has 0 heteroatoms. The van der Waals surface area contributed by atoms with E-state index in [-0.39, 0.29) is 0 Å². The maximum Gasteiger partial charge on any atom is -0.0178 e. The van der Waals surface area contributed by atoms with Gasteiger partial charge in [0, 0.05) is 0 Å². The van der Waals surface area contributed by atoms with E-state index in [0.717, 1.165) is 0 Å². The minimum atomic E-state index is 1.19.